The van der Waals surface area contributed by atoms with Crippen molar-refractivity contribution in [3.8, 4) is 0 Å². The summed E-state index contributed by atoms with van der Waals surface area (Å²) in [5.74, 6) is 0. The SMILES string of the molecule is CS(=O)(=O)c1ncc(CCCCCCN)cn1. The lowest BCUT2D eigenvalue weighted by Gasteiger charge is -2.01. The first-order chi connectivity index (χ1) is 8.04. The van der Waals surface area contributed by atoms with Crippen LogP contribution in [0.25, 0.3) is 0 Å². The highest BCUT2D eigenvalue weighted by molar-refractivity contribution is 7.90. The Bertz CT molecular complexity index is 429. The number of unbranched alkanes of at least 4 members (excludes halogenated alkanes) is 3. The van der Waals surface area contributed by atoms with Crippen LogP contribution in [-0.2, 0) is 16.3 Å². The summed E-state index contributed by atoms with van der Waals surface area (Å²) < 4.78 is 22.3. The van der Waals surface area contributed by atoms with Crippen molar-refractivity contribution >= 4 is 9.84 Å². The van der Waals surface area contributed by atoms with Crippen molar-refractivity contribution in [1.82, 2.24) is 9.97 Å². The number of hydrogen-bond acceptors (Lipinski definition) is 5. The smallest absolute Gasteiger partial charge is 0.246 e. The molecule has 1 aromatic rings. The third-order valence-electron chi connectivity index (χ3n) is 2.43. The topological polar surface area (TPSA) is 85.9 Å². The van der Waals surface area contributed by atoms with Crippen molar-refractivity contribution in [2.75, 3.05) is 12.8 Å². The molecule has 0 aromatic carbocycles. The fourth-order valence-corrected chi connectivity index (χ4v) is 1.98. The highest BCUT2D eigenvalue weighted by atomic mass is 32.2. The highest BCUT2D eigenvalue weighted by Crippen LogP contribution is 2.07. The first kappa shape index (κ1) is 14.1. The molecule has 0 radical (unpaired) electrons. The molecule has 0 saturated heterocycles. The van der Waals surface area contributed by atoms with E-state index in [1.807, 2.05) is 0 Å². The number of sulfone groups is 1. The summed E-state index contributed by atoms with van der Waals surface area (Å²) in [7, 11) is -3.29. The minimum Gasteiger partial charge on any atom is -0.330 e. The van der Waals surface area contributed by atoms with E-state index in [-0.39, 0.29) is 5.16 Å². The summed E-state index contributed by atoms with van der Waals surface area (Å²) in [6.45, 7) is 0.742. The molecule has 1 rings (SSSR count). The number of aromatic nitrogens is 2. The third kappa shape index (κ3) is 5.23. The average Bonchev–Trinajstić information content (AvgIpc) is 2.28. The molecule has 0 unspecified atom stereocenters. The Morgan fingerprint density at radius 1 is 1.12 bits per heavy atom. The van der Waals surface area contributed by atoms with Gasteiger partial charge in [-0.1, -0.05) is 12.8 Å². The maximum atomic E-state index is 11.1. The molecule has 0 atom stereocenters. The van der Waals surface area contributed by atoms with E-state index in [0.717, 1.165) is 50.5 Å². The average molecular weight is 257 g/mol. The molecule has 6 heteroatoms. The Labute approximate surface area is 102 Å². The fraction of sp³-hybridized carbons (Fsp3) is 0.636. The van der Waals surface area contributed by atoms with Gasteiger partial charge < -0.3 is 5.73 Å². The van der Waals surface area contributed by atoms with Crippen molar-refractivity contribution in [3.05, 3.63) is 18.0 Å². The van der Waals surface area contributed by atoms with Crippen LogP contribution in [0.4, 0.5) is 0 Å². The number of aryl methyl sites for hydroxylation is 1. The molecule has 0 saturated carbocycles. The van der Waals surface area contributed by atoms with Gasteiger partial charge in [0.15, 0.2) is 0 Å². The van der Waals surface area contributed by atoms with E-state index in [9.17, 15) is 8.42 Å². The maximum Gasteiger partial charge on any atom is 0.246 e. The predicted octanol–water partition coefficient (Wildman–Crippen LogP) is 0.942. The Morgan fingerprint density at radius 2 is 1.71 bits per heavy atom. The van der Waals surface area contributed by atoms with Gasteiger partial charge in [0.25, 0.3) is 0 Å². The second-order valence-corrected chi connectivity index (χ2v) is 6.01. The Morgan fingerprint density at radius 3 is 2.24 bits per heavy atom. The third-order valence-corrected chi connectivity index (χ3v) is 3.31. The zero-order valence-electron chi connectivity index (χ0n) is 10.1. The quantitative estimate of drug-likeness (QED) is 0.580. The van der Waals surface area contributed by atoms with Crippen molar-refractivity contribution in [1.29, 1.82) is 0 Å². The van der Waals surface area contributed by atoms with Gasteiger partial charge in [-0.3, -0.25) is 0 Å². The van der Waals surface area contributed by atoms with Crippen LogP contribution in [0, 0.1) is 0 Å². The lowest BCUT2D eigenvalue weighted by atomic mass is 10.1. The Balaban J connectivity index is 2.41. The van der Waals surface area contributed by atoms with Crippen molar-refractivity contribution in [3.63, 3.8) is 0 Å². The molecule has 0 bridgehead atoms. The van der Waals surface area contributed by atoms with Gasteiger partial charge in [-0.2, -0.15) is 0 Å². The summed E-state index contributed by atoms with van der Waals surface area (Å²) in [5, 5.41) is -0.107. The first-order valence-corrected chi connectivity index (χ1v) is 7.64. The maximum absolute atomic E-state index is 11.1. The van der Waals surface area contributed by atoms with E-state index in [1.165, 1.54) is 0 Å². The number of nitrogens with two attached hydrogens (primary N) is 1. The van der Waals surface area contributed by atoms with E-state index in [1.54, 1.807) is 12.4 Å². The zero-order chi connectivity index (χ0) is 12.7. The molecule has 0 spiro atoms. The molecule has 0 aliphatic heterocycles. The number of rotatable bonds is 7. The zero-order valence-corrected chi connectivity index (χ0v) is 10.9. The Hall–Kier alpha value is -1.01. The molecule has 1 heterocycles. The van der Waals surface area contributed by atoms with E-state index < -0.39 is 9.84 Å². The van der Waals surface area contributed by atoms with E-state index >= 15 is 0 Å². The molecule has 96 valence electrons. The van der Waals surface area contributed by atoms with Crippen LogP contribution in [0.5, 0.6) is 0 Å². The van der Waals surface area contributed by atoms with Crippen LogP contribution < -0.4 is 5.73 Å². The van der Waals surface area contributed by atoms with Gasteiger partial charge in [-0.05, 0) is 31.4 Å². The van der Waals surface area contributed by atoms with E-state index in [0.29, 0.717) is 0 Å². The van der Waals surface area contributed by atoms with Crippen LogP contribution in [0.2, 0.25) is 0 Å². The molecule has 17 heavy (non-hydrogen) atoms. The van der Waals surface area contributed by atoms with Crippen molar-refractivity contribution in [2.24, 2.45) is 5.73 Å². The minimum atomic E-state index is -3.29. The Kier molecular flexibility index (Phi) is 5.50. The molecule has 1 aromatic heterocycles. The van der Waals surface area contributed by atoms with Crippen LogP contribution in [0.15, 0.2) is 17.6 Å². The largest absolute Gasteiger partial charge is 0.330 e. The van der Waals surface area contributed by atoms with Gasteiger partial charge in [0.05, 0.1) is 0 Å². The molecule has 0 amide bonds. The molecule has 2 N–H and O–H groups in total. The minimum absolute atomic E-state index is 0.107. The second kappa shape index (κ2) is 6.66. The van der Waals surface area contributed by atoms with Gasteiger partial charge in [0, 0.05) is 18.6 Å². The molecular weight excluding hydrogens is 238 g/mol. The van der Waals surface area contributed by atoms with Crippen molar-refractivity contribution in [2.45, 2.75) is 37.3 Å². The van der Waals surface area contributed by atoms with Crippen LogP contribution in [0.1, 0.15) is 31.2 Å². The van der Waals surface area contributed by atoms with Crippen LogP contribution >= 0.6 is 0 Å². The standard InChI is InChI=1S/C11H19N3O2S/c1-17(15,16)11-13-8-10(9-14-11)6-4-2-3-5-7-12/h8-9H,2-7,12H2,1H3. The van der Waals surface area contributed by atoms with Crippen LogP contribution in [-0.4, -0.2) is 31.2 Å². The predicted molar refractivity (Wildman–Crippen MR) is 66.4 cm³/mol. The molecule has 5 nitrogen and oxygen atoms in total. The van der Waals surface area contributed by atoms with Gasteiger partial charge in [-0.25, -0.2) is 18.4 Å². The molecule has 0 fully saturated rings. The first-order valence-electron chi connectivity index (χ1n) is 5.75. The van der Waals surface area contributed by atoms with Gasteiger partial charge in [-0.15, -0.1) is 0 Å². The number of hydrogen-bond donors (Lipinski definition) is 1. The summed E-state index contributed by atoms with van der Waals surface area (Å²) >= 11 is 0. The lowest BCUT2D eigenvalue weighted by molar-refractivity contribution is 0.592. The van der Waals surface area contributed by atoms with Gasteiger partial charge >= 0.3 is 0 Å². The number of nitrogens with zero attached hydrogens (tertiary/aromatic N) is 2. The fourth-order valence-electron chi connectivity index (χ4n) is 1.49. The summed E-state index contributed by atoms with van der Waals surface area (Å²) in [6.07, 6.45) is 9.55. The summed E-state index contributed by atoms with van der Waals surface area (Å²) in [5.41, 5.74) is 6.38. The summed E-state index contributed by atoms with van der Waals surface area (Å²) in [4.78, 5) is 7.69. The summed E-state index contributed by atoms with van der Waals surface area (Å²) in [6, 6.07) is 0. The van der Waals surface area contributed by atoms with E-state index in [4.69, 9.17) is 5.73 Å². The lowest BCUT2D eigenvalue weighted by Crippen LogP contribution is -2.04. The normalized spacial score (nSPS) is 11.6. The monoisotopic (exact) mass is 257 g/mol. The van der Waals surface area contributed by atoms with E-state index in [2.05, 4.69) is 9.97 Å². The highest BCUT2D eigenvalue weighted by Gasteiger charge is 2.09. The van der Waals surface area contributed by atoms with Crippen molar-refractivity contribution < 1.29 is 8.42 Å². The van der Waals surface area contributed by atoms with Crippen LogP contribution in [0.3, 0.4) is 0 Å². The molecular formula is C11H19N3O2S. The van der Waals surface area contributed by atoms with Gasteiger partial charge in [0.2, 0.25) is 15.0 Å². The molecule has 0 aliphatic rings. The molecule has 0 aliphatic carbocycles. The second-order valence-electron chi connectivity index (χ2n) is 4.10. The van der Waals surface area contributed by atoms with Gasteiger partial charge in [0.1, 0.15) is 0 Å².